The molecule has 1 aliphatic heterocycles. The van der Waals surface area contributed by atoms with E-state index in [0.717, 1.165) is 35.6 Å². The van der Waals surface area contributed by atoms with Crippen LogP contribution in [-0.2, 0) is 0 Å². The van der Waals surface area contributed by atoms with Gasteiger partial charge in [-0.05, 0) is 43.3 Å². The van der Waals surface area contributed by atoms with E-state index >= 15 is 0 Å². The molecule has 0 bridgehead atoms. The first-order valence-corrected chi connectivity index (χ1v) is 7.99. The summed E-state index contributed by atoms with van der Waals surface area (Å²) in [6.07, 6.45) is 6.40. The number of aromatic amines is 1. The molecule has 2 heterocycles. The van der Waals surface area contributed by atoms with Gasteiger partial charge in [0.05, 0.1) is 0 Å². The average Bonchev–Trinajstić information content (AvgIpc) is 3.01. The van der Waals surface area contributed by atoms with Gasteiger partial charge in [0.15, 0.2) is 4.77 Å². The standard InChI is InChI=1S/C14H24N4S/c1-10-7-8-17(9-11(10)2)13-15-16-14(19)18(13)12-5-3-4-6-12/h10-12H,3-9H2,1-2H3,(H,16,19). The van der Waals surface area contributed by atoms with Crippen molar-refractivity contribution in [2.45, 2.75) is 52.0 Å². The van der Waals surface area contributed by atoms with Crippen molar-refractivity contribution in [1.29, 1.82) is 0 Å². The van der Waals surface area contributed by atoms with Crippen molar-refractivity contribution in [3.63, 3.8) is 0 Å². The van der Waals surface area contributed by atoms with Crippen LogP contribution in [0.5, 0.6) is 0 Å². The van der Waals surface area contributed by atoms with Gasteiger partial charge in [0.1, 0.15) is 0 Å². The van der Waals surface area contributed by atoms with Crippen molar-refractivity contribution >= 4 is 18.2 Å². The fourth-order valence-electron chi connectivity index (χ4n) is 3.46. The van der Waals surface area contributed by atoms with Crippen LogP contribution in [0.2, 0.25) is 0 Å². The van der Waals surface area contributed by atoms with Crippen LogP contribution in [0.4, 0.5) is 5.95 Å². The molecular formula is C14H24N4S. The molecule has 2 atom stereocenters. The smallest absolute Gasteiger partial charge is 0.225 e. The molecule has 1 aromatic heterocycles. The maximum atomic E-state index is 5.45. The van der Waals surface area contributed by atoms with E-state index in [4.69, 9.17) is 12.2 Å². The average molecular weight is 280 g/mol. The summed E-state index contributed by atoms with van der Waals surface area (Å²) in [4.78, 5) is 2.43. The summed E-state index contributed by atoms with van der Waals surface area (Å²) in [5.74, 6) is 2.63. The van der Waals surface area contributed by atoms with Crippen molar-refractivity contribution in [2.75, 3.05) is 18.0 Å². The van der Waals surface area contributed by atoms with Crippen molar-refractivity contribution < 1.29 is 0 Å². The zero-order valence-electron chi connectivity index (χ0n) is 11.9. The minimum Gasteiger partial charge on any atom is -0.341 e. The van der Waals surface area contributed by atoms with Gasteiger partial charge in [-0.25, -0.2) is 5.10 Å². The molecule has 3 rings (SSSR count). The Morgan fingerprint density at radius 1 is 1.16 bits per heavy atom. The van der Waals surface area contributed by atoms with Crippen LogP contribution >= 0.6 is 12.2 Å². The van der Waals surface area contributed by atoms with Crippen LogP contribution in [0.15, 0.2) is 0 Å². The molecule has 1 aromatic rings. The van der Waals surface area contributed by atoms with Gasteiger partial charge in [0.2, 0.25) is 5.95 Å². The fraction of sp³-hybridized carbons (Fsp3) is 0.857. The third-order valence-electron chi connectivity index (χ3n) is 4.99. The number of H-pyrrole nitrogens is 1. The summed E-state index contributed by atoms with van der Waals surface area (Å²) >= 11 is 5.45. The molecule has 4 nitrogen and oxygen atoms in total. The first kappa shape index (κ1) is 13.2. The number of piperidine rings is 1. The zero-order valence-corrected chi connectivity index (χ0v) is 12.7. The van der Waals surface area contributed by atoms with Crippen LogP contribution in [0.1, 0.15) is 52.0 Å². The van der Waals surface area contributed by atoms with Crippen LogP contribution < -0.4 is 4.90 Å². The summed E-state index contributed by atoms with van der Waals surface area (Å²) in [6, 6.07) is 0.566. The second-order valence-electron chi connectivity index (χ2n) is 6.33. The highest BCUT2D eigenvalue weighted by Crippen LogP contribution is 2.34. The maximum Gasteiger partial charge on any atom is 0.225 e. The summed E-state index contributed by atoms with van der Waals surface area (Å²) in [5.41, 5.74) is 0. The molecule has 0 amide bonds. The maximum absolute atomic E-state index is 5.45. The van der Waals surface area contributed by atoms with E-state index in [2.05, 4.69) is 33.5 Å². The molecule has 1 N–H and O–H groups in total. The van der Waals surface area contributed by atoms with Crippen LogP contribution in [0.25, 0.3) is 0 Å². The zero-order chi connectivity index (χ0) is 13.4. The molecule has 0 spiro atoms. The normalized spacial score (nSPS) is 29.1. The van der Waals surface area contributed by atoms with E-state index in [1.54, 1.807) is 0 Å². The lowest BCUT2D eigenvalue weighted by molar-refractivity contribution is 0.318. The predicted octanol–water partition coefficient (Wildman–Crippen LogP) is 3.54. The van der Waals surface area contributed by atoms with Crippen molar-refractivity contribution in [2.24, 2.45) is 11.8 Å². The summed E-state index contributed by atoms with van der Waals surface area (Å²) in [5, 5.41) is 7.53. The molecule has 1 saturated heterocycles. The highest BCUT2D eigenvalue weighted by molar-refractivity contribution is 7.71. The third kappa shape index (κ3) is 2.45. The molecular weight excluding hydrogens is 256 g/mol. The van der Waals surface area contributed by atoms with E-state index in [-0.39, 0.29) is 0 Å². The molecule has 2 fully saturated rings. The van der Waals surface area contributed by atoms with Gasteiger partial charge in [-0.15, -0.1) is 5.10 Å². The lowest BCUT2D eigenvalue weighted by atomic mass is 9.89. The largest absolute Gasteiger partial charge is 0.341 e. The predicted molar refractivity (Wildman–Crippen MR) is 80.1 cm³/mol. The van der Waals surface area contributed by atoms with Gasteiger partial charge >= 0.3 is 0 Å². The molecule has 19 heavy (non-hydrogen) atoms. The molecule has 0 aromatic carbocycles. The van der Waals surface area contributed by atoms with Crippen molar-refractivity contribution in [3.05, 3.63) is 4.77 Å². The molecule has 2 aliphatic rings. The molecule has 1 saturated carbocycles. The van der Waals surface area contributed by atoms with E-state index in [9.17, 15) is 0 Å². The number of nitrogens with zero attached hydrogens (tertiary/aromatic N) is 3. The minimum atomic E-state index is 0.566. The van der Waals surface area contributed by atoms with Crippen LogP contribution in [-0.4, -0.2) is 27.9 Å². The van der Waals surface area contributed by atoms with E-state index in [1.807, 2.05) is 0 Å². The highest BCUT2D eigenvalue weighted by atomic mass is 32.1. The number of rotatable bonds is 2. The van der Waals surface area contributed by atoms with E-state index < -0.39 is 0 Å². The Balaban J connectivity index is 1.86. The van der Waals surface area contributed by atoms with Gasteiger partial charge in [-0.3, -0.25) is 4.57 Å². The van der Waals surface area contributed by atoms with E-state index in [0.29, 0.717) is 6.04 Å². The number of hydrogen-bond acceptors (Lipinski definition) is 3. The number of nitrogens with one attached hydrogen (secondary N) is 1. The Bertz CT molecular complexity index is 486. The van der Waals surface area contributed by atoms with Gasteiger partial charge in [0, 0.05) is 19.1 Å². The second kappa shape index (κ2) is 5.27. The van der Waals surface area contributed by atoms with Crippen molar-refractivity contribution in [1.82, 2.24) is 14.8 Å². The molecule has 5 heteroatoms. The van der Waals surface area contributed by atoms with Gasteiger partial charge in [-0.2, -0.15) is 0 Å². The third-order valence-corrected chi connectivity index (χ3v) is 5.28. The van der Waals surface area contributed by atoms with E-state index in [1.165, 1.54) is 32.1 Å². The molecule has 2 unspecified atom stereocenters. The Hall–Kier alpha value is -0.840. The summed E-state index contributed by atoms with van der Waals surface area (Å²) < 4.78 is 3.08. The topological polar surface area (TPSA) is 36.9 Å². The molecule has 0 radical (unpaired) electrons. The number of hydrogen-bond donors (Lipinski definition) is 1. The van der Waals surface area contributed by atoms with Gasteiger partial charge in [0.25, 0.3) is 0 Å². The Morgan fingerprint density at radius 2 is 1.89 bits per heavy atom. The first-order chi connectivity index (χ1) is 9.16. The number of anilines is 1. The summed E-state index contributed by atoms with van der Waals surface area (Å²) in [6.45, 7) is 6.92. The fourth-order valence-corrected chi connectivity index (χ4v) is 3.73. The molecule has 106 valence electrons. The van der Waals surface area contributed by atoms with Crippen LogP contribution in [0.3, 0.4) is 0 Å². The molecule has 1 aliphatic carbocycles. The first-order valence-electron chi connectivity index (χ1n) is 7.58. The van der Waals surface area contributed by atoms with Crippen LogP contribution in [0, 0.1) is 16.6 Å². The number of aromatic nitrogens is 3. The SMILES string of the molecule is CC1CCN(c2n[nH]c(=S)n2C2CCCC2)CC1C. The van der Waals surface area contributed by atoms with Gasteiger partial charge in [-0.1, -0.05) is 26.7 Å². The second-order valence-corrected chi connectivity index (χ2v) is 6.71. The minimum absolute atomic E-state index is 0.566. The van der Waals surface area contributed by atoms with Gasteiger partial charge < -0.3 is 4.90 Å². The Kier molecular flexibility index (Phi) is 3.65. The lowest BCUT2D eigenvalue weighted by Gasteiger charge is -2.36. The Morgan fingerprint density at radius 3 is 2.58 bits per heavy atom. The van der Waals surface area contributed by atoms with Crippen molar-refractivity contribution in [3.8, 4) is 0 Å². The highest BCUT2D eigenvalue weighted by Gasteiger charge is 2.28. The summed E-state index contributed by atoms with van der Waals surface area (Å²) in [7, 11) is 0. The Labute approximate surface area is 120 Å². The lowest BCUT2D eigenvalue weighted by Crippen LogP contribution is -2.40. The quantitative estimate of drug-likeness (QED) is 0.842. The monoisotopic (exact) mass is 280 g/mol.